The Balaban J connectivity index is 2.85. The third-order valence-corrected chi connectivity index (χ3v) is 1.65. The van der Waals surface area contributed by atoms with Gasteiger partial charge in [0.15, 0.2) is 11.4 Å². The lowest BCUT2D eigenvalue weighted by atomic mass is 10.3. The fourth-order valence-electron chi connectivity index (χ4n) is 1.08. The second kappa shape index (κ2) is 5.29. The predicted molar refractivity (Wildman–Crippen MR) is 55.1 cm³/mol. The number of hydrogen-bond donors (Lipinski definition) is 1. The summed E-state index contributed by atoms with van der Waals surface area (Å²) in [6.45, 7) is 5.35. The SMILES string of the molecule is CCOC(=O)c1[nH]cnc1C(=O)OC(C)C. The topological polar surface area (TPSA) is 81.3 Å². The number of esters is 2. The molecule has 0 aliphatic carbocycles. The van der Waals surface area contributed by atoms with Gasteiger partial charge in [-0.3, -0.25) is 0 Å². The monoisotopic (exact) mass is 226 g/mol. The second-order valence-corrected chi connectivity index (χ2v) is 3.30. The molecule has 0 saturated heterocycles. The zero-order valence-corrected chi connectivity index (χ0v) is 9.44. The lowest BCUT2D eigenvalue weighted by Crippen LogP contribution is -2.17. The average Bonchev–Trinajstić information content (AvgIpc) is 2.65. The van der Waals surface area contributed by atoms with Crippen LogP contribution < -0.4 is 0 Å². The van der Waals surface area contributed by atoms with Gasteiger partial charge < -0.3 is 14.5 Å². The van der Waals surface area contributed by atoms with Gasteiger partial charge in [-0.2, -0.15) is 0 Å². The number of aromatic amines is 1. The minimum Gasteiger partial charge on any atom is -0.461 e. The zero-order chi connectivity index (χ0) is 12.1. The molecule has 1 heterocycles. The molecule has 1 rings (SSSR count). The summed E-state index contributed by atoms with van der Waals surface area (Å²) in [5.74, 6) is -1.25. The van der Waals surface area contributed by atoms with Gasteiger partial charge >= 0.3 is 11.9 Å². The van der Waals surface area contributed by atoms with Crippen molar-refractivity contribution in [2.24, 2.45) is 0 Å². The fourth-order valence-corrected chi connectivity index (χ4v) is 1.08. The third-order valence-electron chi connectivity index (χ3n) is 1.65. The Labute approximate surface area is 93.0 Å². The number of ether oxygens (including phenoxy) is 2. The van der Waals surface area contributed by atoms with Crippen LogP contribution in [0.5, 0.6) is 0 Å². The molecule has 1 aromatic heterocycles. The van der Waals surface area contributed by atoms with Gasteiger partial charge in [0.25, 0.3) is 0 Å². The molecule has 0 amide bonds. The number of aromatic nitrogens is 2. The Morgan fingerprint density at radius 1 is 1.44 bits per heavy atom. The number of rotatable bonds is 4. The lowest BCUT2D eigenvalue weighted by molar-refractivity contribution is 0.0356. The summed E-state index contributed by atoms with van der Waals surface area (Å²) in [4.78, 5) is 29.2. The number of imidazole rings is 1. The second-order valence-electron chi connectivity index (χ2n) is 3.30. The molecule has 1 aromatic rings. The molecule has 0 unspecified atom stereocenters. The van der Waals surface area contributed by atoms with E-state index in [0.29, 0.717) is 0 Å². The van der Waals surface area contributed by atoms with Gasteiger partial charge in [0.2, 0.25) is 0 Å². The third kappa shape index (κ3) is 2.82. The molecule has 0 aromatic carbocycles. The molecule has 0 spiro atoms. The van der Waals surface area contributed by atoms with E-state index in [2.05, 4.69) is 9.97 Å². The van der Waals surface area contributed by atoms with Crippen molar-refractivity contribution in [1.82, 2.24) is 9.97 Å². The number of H-pyrrole nitrogens is 1. The van der Waals surface area contributed by atoms with Crippen molar-refractivity contribution in [2.45, 2.75) is 26.9 Å². The number of carbonyl (C=O) groups excluding carboxylic acids is 2. The molecule has 0 aliphatic heterocycles. The van der Waals surface area contributed by atoms with Gasteiger partial charge in [-0.25, -0.2) is 14.6 Å². The first-order valence-electron chi connectivity index (χ1n) is 4.97. The minimum atomic E-state index is -0.640. The van der Waals surface area contributed by atoms with Crippen LogP contribution in [0.2, 0.25) is 0 Å². The molecule has 0 aliphatic rings. The Morgan fingerprint density at radius 3 is 2.69 bits per heavy atom. The van der Waals surface area contributed by atoms with E-state index in [4.69, 9.17) is 9.47 Å². The Kier molecular flexibility index (Phi) is 4.04. The van der Waals surface area contributed by atoms with E-state index >= 15 is 0 Å². The van der Waals surface area contributed by atoms with Gasteiger partial charge in [-0.1, -0.05) is 0 Å². The number of nitrogens with one attached hydrogen (secondary N) is 1. The summed E-state index contributed by atoms with van der Waals surface area (Å²) >= 11 is 0. The largest absolute Gasteiger partial charge is 0.461 e. The van der Waals surface area contributed by atoms with Crippen molar-refractivity contribution in [1.29, 1.82) is 0 Å². The maximum Gasteiger partial charge on any atom is 0.359 e. The van der Waals surface area contributed by atoms with Gasteiger partial charge in [0.1, 0.15) is 0 Å². The Bertz CT molecular complexity index is 384. The Morgan fingerprint density at radius 2 is 2.12 bits per heavy atom. The summed E-state index contributed by atoms with van der Waals surface area (Å²) < 4.78 is 9.70. The molecular weight excluding hydrogens is 212 g/mol. The summed E-state index contributed by atoms with van der Waals surface area (Å²) in [6.07, 6.45) is 0.989. The van der Waals surface area contributed by atoms with Gasteiger partial charge in [0.05, 0.1) is 19.0 Å². The van der Waals surface area contributed by atoms with Crippen molar-refractivity contribution < 1.29 is 19.1 Å². The van der Waals surface area contributed by atoms with Crippen LogP contribution in [0.25, 0.3) is 0 Å². The highest BCUT2D eigenvalue weighted by molar-refractivity contribution is 6.00. The number of carbonyl (C=O) groups is 2. The maximum absolute atomic E-state index is 11.5. The molecule has 6 nitrogen and oxygen atoms in total. The van der Waals surface area contributed by atoms with Crippen molar-refractivity contribution in [3.05, 3.63) is 17.7 Å². The van der Waals surface area contributed by atoms with Crippen LogP contribution in [-0.4, -0.2) is 34.6 Å². The number of nitrogens with zero attached hydrogens (tertiary/aromatic N) is 1. The van der Waals surface area contributed by atoms with Gasteiger partial charge in [0, 0.05) is 0 Å². The standard InChI is InChI=1S/C10H14N2O4/c1-4-15-9(13)7-8(12-5-11-7)10(14)16-6(2)3/h5-6H,4H2,1-3H3,(H,11,12). The highest BCUT2D eigenvalue weighted by atomic mass is 16.5. The zero-order valence-electron chi connectivity index (χ0n) is 9.44. The molecule has 0 saturated carbocycles. The van der Waals surface area contributed by atoms with Crippen LogP contribution in [0.15, 0.2) is 6.33 Å². The van der Waals surface area contributed by atoms with Crippen molar-refractivity contribution in [3.63, 3.8) is 0 Å². The fraction of sp³-hybridized carbons (Fsp3) is 0.500. The molecule has 6 heteroatoms. The molecule has 16 heavy (non-hydrogen) atoms. The van der Waals surface area contributed by atoms with E-state index < -0.39 is 11.9 Å². The van der Waals surface area contributed by atoms with E-state index in [1.54, 1.807) is 20.8 Å². The molecule has 0 atom stereocenters. The van der Waals surface area contributed by atoms with E-state index in [1.807, 2.05) is 0 Å². The minimum absolute atomic E-state index is 0.0208. The molecular formula is C10H14N2O4. The van der Waals surface area contributed by atoms with Crippen molar-refractivity contribution in [2.75, 3.05) is 6.61 Å². The first-order valence-corrected chi connectivity index (χ1v) is 4.97. The summed E-state index contributed by atoms with van der Waals surface area (Å²) in [7, 11) is 0. The highest BCUT2D eigenvalue weighted by Crippen LogP contribution is 2.08. The van der Waals surface area contributed by atoms with Crippen LogP contribution in [0, 0.1) is 0 Å². The smallest absolute Gasteiger partial charge is 0.359 e. The molecule has 88 valence electrons. The van der Waals surface area contributed by atoms with E-state index in [0.717, 1.165) is 0 Å². The van der Waals surface area contributed by atoms with Crippen molar-refractivity contribution >= 4 is 11.9 Å². The van der Waals surface area contributed by atoms with Crippen LogP contribution in [-0.2, 0) is 9.47 Å². The van der Waals surface area contributed by atoms with Crippen LogP contribution in [0.1, 0.15) is 41.7 Å². The van der Waals surface area contributed by atoms with Crippen LogP contribution >= 0.6 is 0 Å². The van der Waals surface area contributed by atoms with Crippen LogP contribution in [0.4, 0.5) is 0 Å². The summed E-state index contributed by atoms with van der Waals surface area (Å²) in [5.41, 5.74) is -0.0281. The quantitative estimate of drug-likeness (QED) is 0.779. The van der Waals surface area contributed by atoms with E-state index in [9.17, 15) is 9.59 Å². The predicted octanol–water partition coefficient (Wildman–Crippen LogP) is 1.15. The van der Waals surface area contributed by atoms with E-state index in [1.165, 1.54) is 6.33 Å². The highest BCUT2D eigenvalue weighted by Gasteiger charge is 2.22. The molecule has 0 bridgehead atoms. The first kappa shape index (κ1) is 12.2. The Hall–Kier alpha value is -1.85. The average molecular weight is 226 g/mol. The molecule has 1 N–H and O–H groups in total. The summed E-state index contributed by atoms with van der Waals surface area (Å²) in [6, 6.07) is 0. The van der Waals surface area contributed by atoms with Crippen LogP contribution in [0.3, 0.4) is 0 Å². The number of hydrogen-bond acceptors (Lipinski definition) is 5. The summed E-state index contributed by atoms with van der Waals surface area (Å²) in [5, 5.41) is 0. The first-order chi connectivity index (χ1) is 7.56. The van der Waals surface area contributed by atoms with E-state index in [-0.39, 0.29) is 24.1 Å². The normalized spacial score (nSPS) is 10.2. The van der Waals surface area contributed by atoms with Gasteiger partial charge in [-0.15, -0.1) is 0 Å². The molecule has 0 radical (unpaired) electrons. The van der Waals surface area contributed by atoms with Gasteiger partial charge in [-0.05, 0) is 20.8 Å². The van der Waals surface area contributed by atoms with Crippen molar-refractivity contribution in [3.8, 4) is 0 Å². The molecule has 0 fully saturated rings. The lowest BCUT2D eigenvalue weighted by Gasteiger charge is -2.06. The maximum atomic E-state index is 11.5.